The van der Waals surface area contributed by atoms with Crippen LogP contribution >= 0.6 is 0 Å². The number of rotatable bonds is 4. The summed E-state index contributed by atoms with van der Waals surface area (Å²) in [5, 5.41) is 5.61. The second-order valence-corrected chi connectivity index (χ2v) is 6.60. The predicted molar refractivity (Wildman–Crippen MR) is 99.9 cm³/mol. The second kappa shape index (κ2) is 7.15. The number of anilines is 1. The highest BCUT2D eigenvalue weighted by atomic mass is 16.2. The number of amides is 2. The number of carbonyl (C=O) groups is 3. The Kier molecular flexibility index (Phi) is 4.93. The van der Waals surface area contributed by atoms with Crippen molar-refractivity contribution in [3.63, 3.8) is 0 Å². The molecule has 0 atom stereocenters. The monoisotopic (exact) mass is 353 g/mol. The number of fused-ring (bicyclic) bond motifs is 1. The van der Waals surface area contributed by atoms with Gasteiger partial charge in [-0.3, -0.25) is 14.4 Å². The lowest BCUT2D eigenvalue weighted by molar-refractivity contribution is 0.0951. The standard InChI is InChI=1S/C20H23N3O3/c1-4-21-19(25)13-9-8-11(2)15(10-13)23-20(26)18-12(3)17-14(22-18)6-5-7-16(17)24/h8-10,22H,4-7H2,1-3H3,(H,21,25)(H,23,26). The fourth-order valence-corrected chi connectivity index (χ4v) is 3.35. The van der Waals surface area contributed by atoms with Crippen LogP contribution in [0.1, 0.15) is 67.8 Å². The van der Waals surface area contributed by atoms with Crippen molar-refractivity contribution in [3.8, 4) is 0 Å². The molecule has 0 unspecified atom stereocenters. The Bertz CT molecular complexity index is 896. The minimum Gasteiger partial charge on any atom is -0.354 e. The summed E-state index contributed by atoms with van der Waals surface area (Å²) in [4.78, 5) is 40.0. The lowest BCUT2D eigenvalue weighted by Gasteiger charge is -2.11. The van der Waals surface area contributed by atoms with E-state index < -0.39 is 0 Å². The predicted octanol–water partition coefficient (Wildman–Crippen LogP) is 3.15. The molecule has 1 aromatic carbocycles. The SMILES string of the molecule is CCNC(=O)c1ccc(C)c(NC(=O)c2[nH]c3c(c2C)C(=O)CCC3)c1. The van der Waals surface area contributed by atoms with Crippen LogP contribution < -0.4 is 10.6 Å². The zero-order valence-electron chi connectivity index (χ0n) is 15.3. The smallest absolute Gasteiger partial charge is 0.272 e. The number of benzene rings is 1. The maximum absolute atomic E-state index is 12.8. The molecular formula is C20H23N3O3. The molecule has 3 N–H and O–H groups in total. The van der Waals surface area contributed by atoms with E-state index in [4.69, 9.17) is 0 Å². The van der Waals surface area contributed by atoms with Crippen LogP contribution in [-0.4, -0.2) is 29.1 Å². The van der Waals surface area contributed by atoms with Gasteiger partial charge < -0.3 is 15.6 Å². The number of aromatic nitrogens is 1. The molecule has 6 heteroatoms. The maximum Gasteiger partial charge on any atom is 0.272 e. The molecule has 0 saturated heterocycles. The molecule has 3 rings (SSSR count). The highest BCUT2D eigenvalue weighted by molar-refractivity contribution is 6.09. The first kappa shape index (κ1) is 17.9. The third-order valence-electron chi connectivity index (χ3n) is 4.75. The van der Waals surface area contributed by atoms with Gasteiger partial charge in [-0.1, -0.05) is 6.07 Å². The van der Waals surface area contributed by atoms with Gasteiger partial charge in [0.05, 0.1) is 0 Å². The molecule has 26 heavy (non-hydrogen) atoms. The number of nitrogens with one attached hydrogen (secondary N) is 3. The third-order valence-corrected chi connectivity index (χ3v) is 4.75. The number of Topliss-reactive ketones (excluding diaryl/α,β-unsaturated/α-hetero) is 1. The van der Waals surface area contributed by atoms with E-state index in [0.717, 1.165) is 24.1 Å². The summed E-state index contributed by atoms with van der Waals surface area (Å²) in [5.74, 6) is -0.394. The normalized spacial score (nSPS) is 13.3. The van der Waals surface area contributed by atoms with Crippen molar-refractivity contribution >= 4 is 23.3 Å². The molecule has 2 aromatic rings. The van der Waals surface area contributed by atoms with Crippen LogP contribution in [0.4, 0.5) is 5.69 Å². The van der Waals surface area contributed by atoms with E-state index in [-0.39, 0.29) is 17.6 Å². The molecule has 0 spiro atoms. The number of aryl methyl sites for hydroxylation is 2. The summed E-state index contributed by atoms with van der Waals surface area (Å²) < 4.78 is 0. The minimum absolute atomic E-state index is 0.0912. The van der Waals surface area contributed by atoms with Gasteiger partial charge in [0.1, 0.15) is 5.69 Å². The Hall–Kier alpha value is -2.89. The van der Waals surface area contributed by atoms with Gasteiger partial charge in [-0.2, -0.15) is 0 Å². The molecule has 1 aliphatic carbocycles. The van der Waals surface area contributed by atoms with E-state index in [9.17, 15) is 14.4 Å². The molecule has 0 bridgehead atoms. The highest BCUT2D eigenvalue weighted by Gasteiger charge is 2.26. The lowest BCUT2D eigenvalue weighted by atomic mass is 9.94. The first-order chi connectivity index (χ1) is 12.4. The minimum atomic E-state index is -0.305. The van der Waals surface area contributed by atoms with Gasteiger partial charge in [0.25, 0.3) is 11.8 Å². The Morgan fingerprint density at radius 2 is 1.92 bits per heavy atom. The van der Waals surface area contributed by atoms with E-state index in [0.29, 0.717) is 41.0 Å². The Labute approximate surface area is 152 Å². The fraction of sp³-hybridized carbons (Fsp3) is 0.350. The highest BCUT2D eigenvalue weighted by Crippen LogP contribution is 2.27. The van der Waals surface area contributed by atoms with E-state index in [2.05, 4.69) is 15.6 Å². The fourth-order valence-electron chi connectivity index (χ4n) is 3.35. The van der Waals surface area contributed by atoms with Gasteiger partial charge in [0.15, 0.2) is 5.78 Å². The van der Waals surface area contributed by atoms with Crippen LogP contribution in [-0.2, 0) is 6.42 Å². The number of carbonyl (C=O) groups excluding carboxylic acids is 3. The number of hydrogen-bond donors (Lipinski definition) is 3. The van der Waals surface area contributed by atoms with Gasteiger partial charge >= 0.3 is 0 Å². The molecule has 0 radical (unpaired) electrons. The summed E-state index contributed by atoms with van der Waals surface area (Å²) in [7, 11) is 0. The number of hydrogen-bond acceptors (Lipinski definition) is 3. The Morgan fingerprint density at radius 1 is 1.15 bits per heavy atom. The number of aromatic amines is 1. The van der Waals surface area contributed by atoms with Crippen LogP contribution in [0, 0.1) is 13.8 Å². The van der Waals surface area contributed by atoms with Gasteiger partial charge in [-0.25, -0.2) is 0 Å². The Balaban J connectivity index is 1.88. The maximum atomic E-state index is 12.8. The molecule has 1 heterocycles. The molecule has 2 amide bonds. The van der Waals surface area contributed by atoms with E-state index >= 15 is 0 Å². The van der Waals surface area contributed by atoms with E-state index in [1.807, 2.05) is 13.8 Å². The first-order valence-electron chi connectivity index (χ1n) is 8.87. The summed E-state index contributed by atoms with van der Waals surface area (Å²) in [6.45, 7) is 6.06. The molecule has 1 aromatic heterocycles. The van der Waals surface area contributed by atoms with Crippen LogP contribution in [0.3, 0.4) is 0 Å². The second-order valence-electron chi connectivity index (χ2n) is 6.60. The Morgan fingerprint density at radius 3 is 2.62 bits per heavy atom. The van der Waals surface area contributed by atoms with Crippen molar-refractivity contribution in [2.75, 3.05) is 11.9 Å². The third kappa shape index (κ3) is 3.27. The molecular weight excluding hydrogens is 330 g/mol. The molecule has 6 nitrogen and oxygen atoms in total. The van der Waals surface area contributed by atoms with Crippen LogP contribution in [0.15, 0.2) is 18.2 Å². The first-order valence-corrected chi connectivity index (χ1v) is 8.87. The van der Waals surface area contributed by atoms with Crippen molar-refractivity contribution in [3.05, 3.63) is 51.8 Å². The van der Waals surface area contributed by atoms with Gasteiger partial charge in [0, 0.05) is 35.5 Å². The average molecular weight is 353 g/mol. The van der Waals surface area contributed by atoms with Crippen molar-refractivity contribution in [1.82, 2.24) is 10.3 Å². The zero-order chi connectivity index (χ0) is 18.8. The number of H-pyrrole nitrogens is 1. The van der Waals surface area contributed by atoms with Crippen molar-refractivity contribution in [2.45, 2.75) is 40.0 Å². The van der Waals surface area contributed by atoms with Crippen molar-refractivity contribution in [2.24, 2.45) is 0 Å². The quantitative estimate of drug-likeness (QED) is 0.788. The molecule has 0 fully saturated rings. The summed E-state index contributed by atoms with van der Waals surface area (Å²) in [5.41, 5.74) is 4.54. The average Bonchev–Trinajstić information content (AvgIpc) is 2.95. The van der Waals surface area contributed by atoms with Crippen molar-refractivity contribution in [1.29, 1.82) is 0 Å². The topological polar surface area (TPSA) is 91.1 Å². The summed E-state index contributed by atoms with van der Waals surface area (Å²) >= 11 is 0. The molecule has 0 aliphatic heterocycles. The molecule has 1 aliphatic rings. The van der Waals surface area contributed by atoms with Gasteiger partial charge in [-0.05, 0) is 56.9 Å². The van der Waals surface area contributed by atoms with Gasteiger partial charge in [0.2, 0.25) is 0 Å². The number of ketones is 1. The van der Waals surface area contributed by atoms with Crippen molar-refractivity contribution < 1.29 is 14.4 Å². The summed E-state index contributed by atoms with van der Waals surface area (Å²) in [6.07, 6.45) is 2.11. The van der Waals surface area contributed by atoms with Crippen LogP contribution in [0.25, 0.3) is 0 Å². The summed E-state index contributed by atoms with van der Waals surface area (Å²) in [6, 6.07) is 5.20. The zero-order valence-corrected chi connectivity index (χ0v) is 15.3. The van der Waals surface area contributed by atoms with E-state index in [1.54, 1.807) is 25.1 Å². The van der Waals surface area contributed by atoms with Crippen LogP contribution in [0.2, 0.25) is 0 Å². The lowest BCUT2D eigenvalue weighted by Crippen LogP contribution is -2.23. The van der Waals surface area contributed by atoms with Crippen LogP contribution in [0.5, 0.6) is 0 Å². The largest absolute Gasteiger partial charge is 0.354 e. The molecule has 0 saturated carbocycles. The molecule has 136 valence electrons. The van der Waals surface area contributed by atoms with Gasteiger partial charge in [-0.15, -0.1) is 0 Å². The van der Waals surface area contributed by atoms with E-state index in [1.165, 1.54) is 0 Å².